The minimum atomic E-state index is 0.430. The number of fused-ring (bicyclic) bond motifs is 1. The Hall–Kier alpha value is -2.11. The largest absolute Gasteiger partial charge is 0.504 e. The lowest BCUT2D eigenvalue weighted by Crippen LogP contribution is -2.15. The van der Waals surface area contributed by atoms with Crippen molar-refractivity contribution in [2.24, 2.45) is 0 Å². The van der Waals surface area contributed by atoms with Crippen LogP contribution < -0.4 is 5.32 Å². The fourth-order valence-corrected chi connectivity index (χ4v) is 3.35. The second-order valence-corrected chi connectivity index (χ2v) is 6.48. The molecule has 0 amide bonds. The first-order valence-electron chi connectivity index (χ1n) is 8.93. The Bertz CT molecular complexity index is 716. The molecular weight excluding hydrogens is 302 g/mol. The molecule has 24 heavy (non-hydrogen) atoms. The lowest BCUT2D eigenvalue weighted by molar-refractivity contribution is 0.333. The number of hydrogen-bond acceptors (Lipinski definition) is 5. The first kappa shape index (κ1) is 16.7. The Labute approximate surface area is 143 Å². The molecule has 1 fully saturated rings. The van der Waals surface area contributed by atoms with Crippen LogP contribution >= 0.6 is 0 Å². The molecule has 0 aromatic carbocycles. The summed E-state index contributed by atoms with van der Waals surface area (Å²) in [6.07, 6.45) is 10.9. The summed E-state index contributed by atoms with van der Waals surface area (Å²) in [5.41, 5.74) is 2.84. The number of rotatable bonds is 6. The number of methoxy groups -OCH3 is 1. The summed E-state index contributed by atoms with van der Waals surface area (Å²) in [6.45, 7) is 5.02. The molecule has 6 nitrogen and oxygen atoms in total. The molecule has 2 aromatic rings. The van der Waals surface area contributed by atoms with Gasteiger partial charge in [0, 0.05) is 18.3 Å². The SMILES string of the molecule is CCCNc1ncc2c(C(C)=COC)nn(C3CCCCC3)c2n1. The highest BCUT2D eigenvalue weighted by Gasteiger charge is 2.22. The number of nitrogens with one attached hydrogen (secondary N) is 1. The van der Waals surface area contributed by atoms with Crippen LogP contribution in [0.5, 0.6) is 0 Å². The van der Waals surface area contributed by atoms with Gasteiger partial charge >= 0.3 is 0 Å². The Morgan fingerprint density at radius 1 is 1.38 bits per heavy atom. The van der Waals surface area contributed by atoms with Gasteiger partial charge in [-0.1, -0.05) is 26.2 Å². The third kappa shape index (κ3) is 3.37. The van der Waals surface area contributed by atoms with Crippen molar-refractivity contribution in [2.75, 3.05) is 19.0 Å². The van der Waals surface area contributed by atoms with Gasteiger partial charge in [-0.3, -0.25) is 0 Å². The molecule has 130 valence electrons. The summed E-state index contributed by atoms with van der Waals surface area (Å²) in [5, 5.41) is 9.16. The Morgan fingerprint density at radius 3 is 2.88 bits per heavy atom. The topological polar surface area (TPSA) is 64.9 Å². The van der Waals surface area contributed by atoms with Crippen LogP contribution in [0.1, 0.15) is 64.1 Å². The van der Waals surface area contributed by atoms with E-state index in [-0.39, 0.29) is 0 Å². The highest BCUT2D eigenvalue weighted by molar-refractivity contribution is 5.88. The van der Waals surface area contributed by atoms with Crippen molar-refractivity contribution in [3.8, 4) is 0 Å². The molecule has 0 aliphatic heterocycles. The molecule has 1 saturated carbocycles. The Morgan fingerprint density at radius 2 is 2.17 bits per heavy atom. The van der Waals surface area contributed by atoms with E-state index < -0.39 is 0 Å². The fraction of sp³-hybridized carbons (Fsp3) is 0.611. The highest BCUT2D eigenvalue weighted by atomic mass is 16.5. The standard InChI is InChI=1S/C18H27N5O/c1-4-10-19-18-20-11-15-16(13(2)12-24-3)22-23(17(15)21-18)14-8-6-5-7-9-14/h11-12,14H,4-10H2,1-3H3,(H,19,20,21). The van der Waals surface area contributed by atoms with Gasteiger partial charge in [0.05, 0.1) is 24.8 Å². The number of hydrogen-bond donors (Lipinski definition) is 1. The molecule has 1 aliphatic rings. The smallest absolute Gasteiger partial charge is 0.224 e. The van der Waals surface area contributed by atoms with Crippen molar-refractivity contribution < 1.29 is 4.74 Å². The third-order valence-corrected chi connectivity index (χ3v) is 4.57. The van der Waals surface area contributed by atoms with E-state index in [1.165, 1.54) is 32.1 Å². The zero-order valence-electron chi connectivity index (χ0n) is 14.9. The quantitative estimate of drug-likeness (QED) is 0.806. The molecule has 0 bridgehead atoms. The first-order valence-corrected chi connectivity index (χ1v) is 8.93. The third-order valence-electron chi connectivity index (χ3n) is 4.57. The monoisotopic (exact) mass is 329 g/mol. The highest BCUT2D eigenvalue weighted by Crippen LogP contribution is 2.32. The minimum Gasteiger partial charge on any atom is -0.504 e. The van der Waals surface area contributed by atoms with Crippen LogP contribution in [0.4, 0.5) is 5.95 Å². The van der Waals surface area contributed by atoms with Crippen molar-refractivity contribution in [3.63, 3.8) is 0 Å². The van der Waals surface area contributed by atoms with Gasteiger partial charge in [0.15, 0.2) is 5.65 Å². The lowest BCUT2D eigenvalue weighted by Gasteiger charge is -2.22. The minimum absolute atomic E-state index is 0.430. The molecular formula is C18H27N5O. The van der Waals surface area contributed by atoms with Gasteiger partial charge in [-0.2, -0.15) is 10.1 Å². The van der Waals surface area contributed by atoms with Gasteiger partial charge in [0.25, 0.3) is 0 Å². The first-order chi connectivity index (χ1) is 11.7. The predicted molar refractivity (Wildman–Crippen MR) is 96.9 cm³/mol. The Balaban J connectivity index is 2.07. The van der Waals surface area contributed by atoms with Crippen LogP contribution in [0.15, 0.2) is 12.5 Å². The van der Waals surface area contributed by atoms with E-state index in [0.717, 1.165) is 35.3 Å². The molecule has 6 heteroatoms. The molecule has 1 aliphatic carbocycles. The fourth-order valence-electron chi connectivity index (χ4n) is 3.35. The lowest BCUT2D eigenvalue weighted by atomic mass is 9.96. The van der Waals surface area contributed by atoms with Gasteiger partial charge in [-0.05, 0) is 26.2 Å². The second kappa shape index (κ2) is 7.64. The van der Waals surface area contributed by atoms with Crippen molar-refractivity contribution in [2.45, 2.75) is 58.4 Å². The van der Waals surface area contributed by atoms with Crippen molar-refractivity contribution in [3.05, 3.63) is 18.2 Å². The zero-order valence-corrected chi connectivity index (χ0v) is 14.9. The molecule has 0 saturated heterocycles. The molecule has 0 unspecified atom stereocenters. The number of allylic oxidation sites excluding steroid dienone is 1. The summed E-state index contributed by atoms with van der Waals surface area (Å²) < 4.78 is 7.29. The summed E-state index contributed by atoms with van der Waals surface area (Å²) in [4.78, 5) is 9.22. The van der Waals surface area contributed by atoms with Crippen LogP contribution in [-0.2, 0) is 4.74 Å². The molecule has 2 aromatic heterocycles. The van der Waals surface area contributed by atoms with Crippen molar-refractivity contribution >= 4 is 22.6 Å². The number of anilines is 1. The second-order valence-electron chi connectivity index (χ2n) is 6.48. The normalized spacial score (nSPS) is 16.5. The van der Waals surface area contributed by atoms with E-state index in [1.807, 2.05) is 13.1 Å². The molecule has 3 rings (SSSR count). The van der Waals surface area contributed by atoms with Gasteiger partial charge in [-0.25, -0.2) is 9.67 Å². The Kier molecular flexibility index (Phi) is 5.33. The van der Waals surface area contributed by atoms with Crippen LogP contribution in [0, 0.1) is 0 Å². The van der Waals surface area contributed by atoms with E-state index in [4.69, 9.17) is 14.8 Å². The maximum atomic E-state index is 5.17. The van der Waals surface area contributed by atoms with Crippen molar-refractivity contribution in [1.29, 1.82) is 0 Å². The molecule has 0 atom stereocenters. The maximum absolute atomic E-state index is 5.17. The number of ether oxygens (including phenoxy) is 1. The van der Waals surface area contributed by atoms with Crippen LogP contribution in [0.2, 0.25) is 0 Å². The molecule has 1 N–H and O–H groups in total. The van der Waals surface area contributed by atoms with Crippen LogP contribution in [-0.4, -0.2) is 33.4 Å². The predicted octanol–water partition coefficient (Wildman–Crippen LogP) is 4.16. The average molecular weight is 329 g/mol. The summed E-state index contributed by atoms with van der Waals surface area (Å²) >= 11 is 0. The zero-order chi connectivity index (χ0) is 16.9. The van der Waals surface area contributed by atoms with Crippen LogP contribution in [0.25, 0.3) is 16.6 Å². The molecule has 2 heterocycles. The number of nitrogens with zero attached hydrogens (tertiary/aromatic N) is 4. The molecule has 0 radical (unpaired) electrons. The average Bonchev–Trinajstić information content (AvgIpc) is 3.00. The van der Waals surface area contributed by atoms with E-state index in [2.05, 4.69) is 21.9 Å². The van der Waals surface area contributed by atoms with Crippen molar-refractivity contribution in [1.82, 2.24) is 19.7 Å². The van der Waals surface area contributed by atoms with Gasteiger partial charge in [0.1, 0.15) is 5.69 Å². The van der Waals surface area contributed by atoms with E-state index in [0.29, 0.717) is 12.0 Å². The van der Waals surface area contributed by atoms with Gasteiger partial charge in [0.2, 0.25) is 5.95 Å². The van der Waals surface area contributed by atoms with E-state index >= 15 is 0 Å². The summed E-state index contributed by atoms with van der Waals surface area (Å²) in [6, 6.07) is 0.430. The summed E-state index contributed by atoms with van der Waals surface area (Å²) in [7, 11) is 1.66. The van der Waals surface area contributed by atoms with Gasteiger partial charge < -0.3 is 10.1 Å². The number of aromatic nitrogens is 4. The summed E-state index contributed by atoms with van der Waals surface area (Å²) in [5.74, 6) is 0.682. The molecule has 0 spiro atoms. The van der Waals surface area contributed by atoms with Crippen LogP contribution in [0.3, 0.4) is 0 Å². The van der Waals surface area contributed by atoms with E-state index in [9.17, 15) is 0 Å². The maximum Gasteiger partial charge on any atom is 0.224 e. The van der Waals surface area contributed by atoms with Gasteiger partial charge in [-0.15, -0.1) is 0 Å². The van der Waals surface area contributed by atoms with E-state index in [1.54, 1.807) is 13.4 Å².